The number of carbonyl (C=O) groups excluding carboxylic acids is 1. The molecule has 3 atom stereocenters. The highest BCUT2D eigenvalue weighted by Gasteiger charge is 2.50. The van der Waals surface area contributed by atoms with Crippen molar-refractivity contribution >= 4 is 16.8 Å². The Balaban J connectivity index is 1.47. The molecule has 1 saturated carbocycles. The first kappa shape index (κ1) is 18.3. The normalized spacial score (nSPS) is 26.9. The molecule has 29 heavy (non-hydrogen) atoms. The number of pyridine rings is 1. The fourth-order valence-corrected chi connectivity index (χ4v) is 5.40. The maximum atomic E-state index is 13.5. The van der Waals surface area contributed by atoms with Gasteiger partial charge >= 0.3 is 0 Å². The van der Waals surface area contributed by atoms with Crippen LogP contribution in [0.25, 0.3) is 10.9 Å². The van der Waals surface area contributed by atoms with Gasteiger partial charge in [-0.1, -0.05) is 49.2 Å². The van der Waals surface area contributed by atoms with Crippen LogP contribution >= 0.6 is 0 Å². The van der Waals surface area contributed by atoms with Gasteiger partial charge in [0.05, 0.1) is 11.1 Å². The lowest BCUT2D eigenvalue weighted by atomic mass is 9.66. The van der Waals surface area contributed by atoms with E-state index in [9.17, 15) is 9.90 Å². The third kappa shape index (κ3) is 3.12. The maximum Gasteiger partial charge on any atom is 0.254 e. The molecule has 1 N–H and O–H groups in total. The minimum absolute atomic E-state index is 0.0720. The molecule has 3 aromatic rings. The summed E-state index contributed by atoms with van der Waals surface area (Å²) in [6, 6.07) is 19.7. The van der Waals surface area contributed by atoms with E-state index in [1.54, 1.807) is 6.20 Å². The van der Waals surface area contributed by atoms with Crippen LogP contribution < -0.4 is 0 Å². The highest BCUT2D eigenvalue weighted by Crippen LogP contribution is 2.47. The third-order valence-electron chi connectivity index (χ3n) is 6.86. The van der Waals surface area contributed by atoms with Crippen LogP contribution in [-0.4, -0.2) is 33.5 Å². The fourth-order valence-electron chi connectivity index (χ4n) is 5.40. The van der Waals surface area contributed by atoms with Crippen LogP contribution in [-0.2, 0) is 5.60 Å². The number of piperidine rings is 1. The Bertz CT molecular complexity index is 1040. The number of aromatic nitrogens is 1. The molecular weight excluding hydrogens is 360 g/mol. The summed E-state index contributed by atoms with van der Waals surface area (Å²) in [5, 5.41) is 12.7. The fraction of sp³-hybridized carbons (Fsp3) is 0.360. The number of hydrogen-bond acceptors (Lipinski definition) is 3. The van der Waals surface area contributed by atoms with Gasteiger partial charge in [0.1, 0.15) is 0 Å². The number of amides is 1. The maximum absolute atomic E-state index is 13.5. The Morgan fingerprint density at radius 1 is 1.03 bits per heavy atom. The van der Waals surface area contributed by atoms with Gasteiger partial charge in [0.15, 0.2) is 0 Å². The first-order valence-electron chi connectivity index (χ1n) is 10.6. The van der Waals surface area contributed by atoms with E-state index >= 15 is 0 Å². The van der Waals surface area contributed by atoms with Crippen LogP contribution in [0.5, 0.6) is 0 Å². The number of benzene rings is 2. The summed E-state index contributed by atoms with van der Waals surface area (Å²) >= 11 is 0. The quantitative estimate of drug-likeness (QED) is 0.704. The second-order valence-corrected chi connectivity index (χ2v) is 8.41. The second-order valence-electron chi connectivity index (χ2n) is 8.41. The van der Waals surface area contributed by atoms with E-state index in [0.717, 1.165) is 42.1 Å². The molecule has 0 unspecified atom stereocenters. The lowest BCUT2D eigenvalue weighted by molar-refractivity contribution is -0.110. The molecule has 1 amide bonds. The van der Waals surface area contributed by atoms with E-state index in [1.165, 1.54) is 0 Å². The molecule has 1 aliphatic heterocycles. The molecule has 1 saturated heterocycles. The topological polar surface area (TPSA) is 53.4 Å². The Morgan fingerprint density at radius 2 is 1.86 bits per heavy atom. The predicted molar refractivity (Wildman–Crippen MR) is 113 cm³/mol. The molecule has 4 heteroatoms. The molecule has 0 spiro atoms. The van der Waals surface area contributed by atoms with Crippen molar-refractivity contribution in [1.82, 2.24) is 9.88 Å². The van der Waals surface area contributed by atoms with Crippen LogP contribution in [0.4, 0.5) is 0 Å². The number of carbonyl (C=O) groups is 1. The zero-order valence-electron chi connectivity index (χ0n) is 16.5. The highest BCUT2D eigenvalue weighted by molar-refractivity contribution is 5.98. The van der Waals surface area contributed by atoms with E-state index in [4.69, 9.17) is 0 Å². The van der Waals surface area contributed by atoms with E-state index in [2.05, 4.69) is 4.98 Å². The Hall–Kier alpha value is -2.72. The van der Waals surface area contributed by atoms with Crippen molar-refractivity contribution in [2.24, 2.45) is 5.92 Å². The van der Waals surface area contributed by atoms with Gasteiger partial charge in [-0.05, 0) is 49.1 Å². The zero-order valence-corrected chi connectivity index (χ0v) is 16.5. The average Bonchev–Trinajstić information content (AvgIpc) is 2.79. The minimum atomic E-state index is -0.851. The lowest BCUT2D eigenvalue weighted by Gasteiger charge is -2.52. The molecule has 5 rings (SSSR count). The lowest BCUT2D eigenvalue weighted by Crippen LogP contribution is -2.58. The minimum Gasteiger partial charge on any atom is -0.385 e. The molecule has 0 bridgehead atoms. The van der Waals surface area contributed by atoms with Crippen molar-refractivity contribution in [2.45, 2.75) is 43.7 Å². The molecule has 2 fully saturated rings. The summed E-state index contributed by atoms with van der Waals surface area (Å²) in [5.74, 6) is 0.154. The van der Waals surface area contributed by atoms with Crippen LogP contribution in [0.15, 0.2) is 66.9 Å². The van der Waals surface area contributed by atoms with Gasteiger partial charge in [-0.15, -0.1) is 0 Å². The van der Waals surface area contributed by atoms with E-state index in [0.29, 0.717) is 18.5 Å². The number of nitrogens with zero attached hydrogens (tertiary/aromatic N) is 2. The molecule has 2 heterocycles. The molecule has 148 valence electrons. The molecule has 1 aliphatic carbocycles. The van der Waals surface area contributed by atoms with E-state index < -0.39 is 5.60 Å². The molecule has 4 nitrogen and oxygen atoms in total. The molecular formula is C25H26N2O2. The largest absolute Gasteiger partial charge is 0.385 e. The van der Waals surface area contributed by atoms with Gasteiger partial charge in [0.2, 0.25) is 0 Å². The van der Waals surface area contributed by atoms with Crippen molar-refractivity contribution in [3.05, 3.63) is 78.0 Å². The van der Waals surface area contributed by atoms with E-state index in [1.807, 2.05) is 65.6 Å². The predicted octanol–water partition coefficient (Wildman–Crippen LogP) is 4.53. The second kappa shape index (κ2) is 7.27. The monoisotopic (exact) mass is 386 g/mol. The number of hydrogen-bond donors (Lipinski definition) is 1. The summed E-state index contributed by atoms with van der Waals surface area (Å²) in [6.45, 7) is 0.580. The van der Waals surface area contributed by atoms with Gasteiger partial charge < -0.3 is 10.0 Å². The molecule has 0 radical (unpaired) electrons. The molecule has 2 aliphatic rings. The number of rotatable bonds is 2. The van der Waals surface area contributed by atoms with Crippen LogP contribution in [0, 0.1) is 5.92 Å². The Labute approximate surface area is 171 Å². The van der Waals surface area contributed by atoms with Crippen molar-refractivity contribution in [3.8, 4) is 0 Å². The summed E-state index contributed by atoms with van der Waals surface area (Å²) in [7, 11) is 0. The number of likely N-dealkylation sites (tertiary alicyclic amines) is 1. The number of fused-ring (bicyclic) bond motifs is 2. The number of aliphatic hydroxyl groups is 1. The zero-order chi connectivity index (χ0) is 19.8. The van der Waals surface area contributed by atoms with Crippen molar-refractivity contribution < 1.29 is 9.90 Å². The first-order chi connectivity index (χ1) is 14.2. The van der Waals surface area contributed by atoms with Gasteiger partial charge in [-0.25, -0.2) is 0 Å². The summed E-state index contributed by atoms with van der Waals surface area (Å²) in [6.07, 6.45) is 6.49. The summed E-state index contributed by atoms with van der Waals surface area (Å²) in [4.78, 5) is 19.9. The molecule has 1 aromatic heterocycles. The standard InChI is InChI=1S/C25H26N2O2/c28-24(19-12-13-22-18(17-19)7-6-15-26-22)27-16-14-25(29,20-8-2-1-3-9-20)21-10-4-5-11-23(21)27/h1-3,6-9,12-13,15,17,21,23,29H,4-5,10-11,14,16H2/t21-,23+,25-/m0/s1. The Morgan fingerprint density at radius 3 is 2.72 bits per heavy atom. The van der Waals surface area contributed by atoms with Gasteiger partial charge in [-0.3, -0.25) is 9.78 Å². The summed E-state index contributed by atoms with van der Waals surface area (Å²) < 4.78 is 0. The Kier molecular flexibility index (Phi) is 4.59. The van der Waals surface area contributed by atoms with Gasteiger partial charge in [0, 0.05) is 35.7 Å². The average molecular weight is 386 g/mol. The first-order valence-corrected chi connectivity index (χ1v) is 10.6. The van der Waals surface area contributed by atoms with Crippen molar-refractivity contribution in [1.29, 1.82) is 0 Å². The highest BCUT2D eigenvalue weighted by atomic mass is 16.3. The SMILES string of the molecule is O=C(c1ccc2ncccc2c1)N1CC[C@](O)(c2ccccc2)[C@H]2CCCC[C@H]21. The smallest absolute Gasteiger partial charge is 0.254 e. The van der Waals surface area contributed by atoms with Crippen molar-refractivity contribution in [2.75, 3.05) is 6.54 Å². The van der Waals surface area contributed by atoms with Crippen LogP contribution in [0.1, 0.15) is 48.0 Å². The molecule has 2 aromatic carbocycles. The van der Waals surface area contributed by atoms with Crippen LogP contribution in [0.2, 0.25) is 0 Å². The van der Waals surface area contributed by atoms with Crippen molar-refractivity contribution in [3.63, 3.8) is 0 Å². The van der Waals surface area contributed by atoms with E-state index in [-0.39, 0.29) is 17.9 Å². The summed E-state index contributed by atoms with van der Waals surface area (Å²) in [5.41, 5.74) is 1.74. The van der Waals surface area contributed by atoms with Gasteiger partial charge in [0.25, 0.3) is 5.91 Å². The van der Waals surface area contributed by atoms with Crippen LogP contribution in [0.3, 0.4) is 0 Å². The van der Waals surface area contributed by atoms with Gasteiger partial charge in [-0.2, -0.15) is 0 Å². The third-order valence-corrected chi connectivity index (χ3v) is 6.86.